The van der Waals surface area contributed by atoms with E-state index in [0.717, 1.165) is 12.6 Å². The zero-order valence-corrected chi connectivity index (χ0v) is 11.7. The van der Waals surface area contributed by atoms with Crippen LogP contribution in [0.2, 0.25) is 0 Å². The van der Waals surface area contributed by atoms with Gasteiger partial charge < -0.3 is 10.6 Å². The van der Waals surface area contributed by atoms with Crippen LogP contribution in [0.15, 0.2) is 12.1 Å². The van der Waals surface area contributed by atoms with Crippen LogP contribution >= 0.6 is 11.3 Å². The summed E-state index contributed by atoms with van der Waals surface area (Å²) in [6.45, 7) is 7.61. The molecule has 0 amide bonds. The molecule has 0 bridgehead atoms. The molecule has 1 atom stereocenters. The number of rotatable bonds is 4. The summed E-state index contributed by atoms with van der Waals surface area (Å²) in [5, 5.41) is 0. The van der Waals surface area contributed by atoms with E-state index >= 15 is 0 Å². The molecule has 2 N–H and O–H groups in total. The molecule has 0 aliphatic carbocycles. The Balaban J connectivity index is 1.90. The maximum Gasteiger partial charge on any atom is 0.0329 e. The minimum absolute atomic E-state index is 0.672. The predicted molar refractivity (Wildman–Crippen MR) is 74.2 cm³/mol. The van der Waals surface area contributed by atoms with Gasteiger partial charge in [0.2, 0.25) is 0 Å². The Hall–Kier alpha value is -0.420. The fraction of sp³-hybridized carbons (Fsp3) is 0.692. The van der Waals surface area contributed by atoms with Crippen LogP contribution in [-0.4, -0.2) is 42.5 Å². The van der Waals surface area contributed by atoms with Crippen LogP contribution in [0, 0.1) is 0 Å². The number of piperazine rings is 1. The molecule has 96 valence electrons. The van der Waals surface area contributed by atoms with E-state index in [2.05, 4.69) is 35.9 Å². The molecule has 2 heterocycles. The molecule has 1 saturated heterocycles. The third-order valence-corrected chi connectivity index (χ3v) is 4.72. The summed E-state index contributed by atoms with van der Waals surface area (Å²) in [5.74, 6) is 0. The van der Waals surface area contributed by atoms with Crippen molar-refractivity contribution < 1.29 is 0 Å². The molecule has 1 aromatic heterocycles. The highest BCUT2D eigenvalue weighted by Crippen LogP contribution is 2.20. The standard InChI is InChI=1S/C13H23N3S/c1-3-11-9-16(7-6-15(11)2)10-13-5-4-12(8-14)17-13/h4-5,11H,3,6-10,14H2,1-2H3. The Morgan fingerprint density at radius 3 is 2.76 bits per heavy atom. The van der Waals surface area contributed by atoms with Gasteiger partial charge in [-0.3, -0.25) is 4.90 Å². The molecular weight excluding hydrogens is 230 g/mol. The zero-order chi connectivity index (χ0) is 12.3. The van der Waals surface area contributed by atoms with Crippen molar-refractivity contribution in [2.45, 2.75) is 32.5 Å². The number of hydrogen-bond acceptors (Lipinski definition) is 4. The first kappa shape index (κ1) is 13.0. The van der Waals surface area contributed by atoms with Crippen molar-refractivity contribution in [3.05, 3.63) is 21.9 Å². The van der Waals surface area contributed by atoms with Gasteiger partial charge in [-0.15, -0.1) is 11.3 Å². The maximum atomic E-state index is 5.65. The first-order chi connectivity index (χ1) is 8.22. The van der Waals surface area contributed by atoms with Gasteiger partial charge in [0.15, 0.2) is 0 Å². The fourth-order valence-electron chi connectivity index (χ4n) is 2.43. The minimum Gasteiger partial charge on any atom is -0.326 e. The van der Waals surface area contributed by atoms with Crippen molar-refractivity contribution in [2.24, 2.45) is 5.73 Å². The van der Waals surface area contributed by atoms with Crippen molar-refractivity contribution in [2.75, 3.05) is 26.7 Å². The van der Waals surface area contributed by atoms with E-state index in [-0.39, 0.29) is 0 Å². The van der Waals surface area contributed by atoms with E-state index in [1.807, 2.05) is 11.3 Å². The molecule has 1 aromatic rings. The Morgan fingerprint density at radius 1 is 1.35 bits per heavy atom. The molecule has 0 saturated carbocycles. The van der Waals surface area contributed by atoms with Crippen molar-refractivity contribution in [1.82, 2.24) is 9.80 Å². The Labute approximate surface area is 108 Å². The fourth-order valence-corrected chi connectivity index (χ4v) is 3.37. The molecule has 2 rings (SSSR count). The van der Waals surface area contributed by atoms with Crippen LogP contribution in [0.4, 0.5) is 0 Å². The maximum absolute atomic E-state index is 5.65. The highest BCUT2D eigenvalue weighted by molar-refractivity contribution is 7.11. The lowest BCUT2D eigenvalue weighted by atomic mass is 10.1. The van der Waals surface area contributed by atoms with Crippen LogP contribution in [0.25, 0.3) is 0 Å². The van der Waals surface area contributed by atoms with Crippen LogP contribution in [-0.2, 0) is 13.1 Å². The Kier molecular flexibility index (Phi) is 4.56. The lowest BCUT2D eigenvalue weighted by Gasteiger charge is -2.38. The van der Waals surface area contributed by atoms with E-state index < -0.39 is 0 Å². The van der Waals surface area contributed by atoms with Gasteiger partial charge in [-0.05, 0) is 25.6 Å². The molecule has 4 heteroatoms. The first-order valence-corrected chi connectivity index (χ1v) is 7.24. The van der Waals surface area contributed by atoms with Gasteiger partial charge in [0.25, 0.3) is 0 Å². The number of hydrogen-bond donors (Lipinski definition) is 1. The third kappa shape index (κ3) is 3.28. The second-order valence-electron chi connectivity index (χ2n) is 4.85. The van der Waals surface area contributed by atoms with E-state index in [1.54, 1.807) is 0 Å². The van der Waals surface area contributed by atoms with E-state index in [9.17, 15) is 0 Å². The van der Waals surface area contributed by atoms with E-state index in [1.165, 1.54) is 35.8 Å². The first-order valence-electron chi connectivity index (χ1n) is 6.43. The number of likely N-dealkylation sites (N-methyl/N-ethyl adjacent to an activating group) is 1. The molecule has 0 aromatic carbocycles. The molecule has 1 unspecified atom stereocenters. The second-order valence-corrected chi connectivity index (χ2v) is 6.10. The molecule has 1 fully saturated rings. The summed E-state index contributed by atoms with van der Waals surface area (Å²) in [5.41, 5.74) is 5.65. The number of nitrogens with zero attached hydrogens (tertiary/aromatic N) is 2. The average Bonchev–Trinajstić information content (AvgIpc) is 2.79. The molecule has 1 aliphatic heterocycles. The minimum atomic E-state index is 0.672. The molecule has 0 spiro atoms. The van der Waals surface area contributed by atoms with Crippen LogP contribution < -0.4 is 5.73 Å². The molecule has 17 heavy (non-hydrogen) atoms. The molecule has 1 aliphatic rings. The number of thiophene rings is 1. The summed E-state index contributed by atoms with van der Waals surface area (Å²) in [7, 11) is 2.24. The van der Waals surface area contributed by atoms with Crippen LogP contribution in [0.5, 0.6) is 0 Å². The van der Waals surface area contributed by atoms with Gasteiger partial charge in [0, 0.05) is 48.5 Å². The summed E-state index contributed by atoms with van der Waals surface area (Å²) in [4.78, 5) is 7.79. The highest BCUT2D eigenvalue weighted by atomic mass is 32.1. The quantitative estimate of drug-likeness (QED) is 0.887. The molecular formula is C13H23N3S. The van der Waals surface area contributed by atoms with Gasteiger partial charge in [0.05, 0.1) is 0 Å². The van der Waals surface area contributed by atoms with Crippen LogP contribution in [0.3, 0.4) is 0 Å². The summed E-state index contributed by atoms with van der Waals surface area (Å²) in [6.07, 6.45) is 1.24. The average molecular weight is 253 g/mol. The van der Waals surface area contributed by atoms with Crippen molar-refractivity contribution in [3.8, 4) is 0 Å². The topological polar surface area (TPSA) is 32.5 Å². The van der Waals surface area contributed by atoms with E-state index in [0.29, 0.717) is 6.54 Å². The molecule has 0 radical (unpaired) electrons. The summed E-state index contributed by atoms with van der Waals surface area (Å²) < 4.78 is 0. The smallest absolute Gasteiger partial charge is 0.0329 e. The largest absolute Gasteiger partial charge is 0.326 e. The lowest BCUT2D eigenvalue weighted by Crippen LogP contribution is -2.50. The van der Waals surface area contributed by atoms with Gasteiger partial charge in [-0.1, -0.05) is 6.92 Å². The Bertz CT molecular complexity index is 350. The van der Waals surface area contributed by atoms with Gasteiger partial charge >= 0.3 is 0 Å². The van der Waals surface area contributed by atoms with Crippen molar-refractivity contribution in [1.29, 1.82) is 0 Å². The summed E-state index contributed by atoms with van der Waals surface area (Å²) >= 11 is 1.86. The molecule has 3 nitrogen and oxygen atoms in total. The summed E-state index contributed by atoms with van der Waals surface area (Å²) in [6, 6.07) is 5.11. The zero-order valence-electron chi connectivity index (χ0n) is 10.9. The second kappa shape index (κ2) is 5.96. The monoisotopic (exact) mass is 253 g/mol. The van der Waals surface area contributed by atoms with Gasteiger partial charge in [-0.2, -0.15) is 0 Å². The highest BCUT2D eigenvalue weighted by Gasteiger charge is 2.22. The van der Waals surface area contributed by atoms with Crippen LogP contribution in [0.1, 0.15) is 23.1 Å². The van der Waals surface area contributed by atoms with Gasteiger partial charge in [0.1, 0.15) is 0 Å². The predicted octanol–water partition coefficient (Wildman–Crippen LogP) is 1.73. The SMILES string of the molecule is CCC1CN(Cc2ccc(CN)s2)CCN1C. The van der Waals surface area contributed by atoms with E-state index in [4.69, 9.17) is 5.73 Å². The van der Waals surface area contributed by atoms with Gasteiger partial charge in [-0.25, -0.2) is 0 Å². The van der Waals surface area contributed by atoms with Crippen molar-refractivity contribution in [3.63, 3.8) is 0 Å². The Morgan fingerprint density at radius 2 is 2.12 bits per heavy atom. The normalized spacial score (nSPS) is 23.1. The third-order valence-electron chi connectivity index (χ3n) is 3.63. The lowest BCUT2D eigenvalue weighted by molar-refractivity contribution is 0.0891. The number of nitrogens with two attached hydrogens (primary N) is 1. The van der Waals surface area contributed by atoms with Crippen molar-refractivity contribution >= 4 is 11.3 Å².